The Labute approximate surface area is 222 Å². The van der Waals surface area contributed by atoms with Gasteiger partial charge in [0.25, 0.3) is 5.91 Å². The first kappa shape index (κ1) is 26.8. The van der Waals surface area contributed by atoms with Gasteiger partial charge in [0, 0.05) is 5.56 Å². The highest BCUT2D eigenvalue weighted by molar-refractivity contribution is 7.92. The van der Waals surface area contributed by atoms with Crippen molar-refractivity contribution < 1.29 is 22.3 Å². The van der Waals surface area contributed by atoms with E-state index in [1.807, 2.05) is 0 Å². The molecule has 0 saturated carbocycles. The van der Waals surface area contributed by atoms with Crippen LogP contribution in [0.3, 0.4) is 0 Å². The van der Waals surface area contributed by atoms with E-state index >= 15 is 0 Å². The standard InChI is InChI=1S/C24H23ClFN7O4S/c1-3-38(35,36)33-18-7-5-15(9-19(18)37-12-14-4-6-17(26)16(25)8-14)22-21(23(27)34)24(32-31-22)30-20-11-28-13(2)10-29-20/h4-11,33H,3,12H2,1-2H3,(H2,27,34)(H2,29,30,31,32). The number of amides is 1. The third-order valence-electron chi connectivity index (χ3n) is 5.33. The van der Waals surface area contributed by atoms with Crippen LogP contribution in [0.15, 0.2) is 48.8 Å². The number of sulfonamides is 1. The number of nitrogens with one attached hydrogen (secondary N) is 3. The lowest BCUT2D eigenvalue weighted by molar-refractivity contribution is 0.100. The second kappa shape index (κ2) is 11.0. The van der Waals surface area contributed by atoms with Crippen LogP contribution in [0.4, 0.5) is 21.7 Å². The van der Waals surface area contributed by atoms with Crippen LogP contribution >= 0.6 is 11.6 Å². The van der Waals surface area contributed by atoms with Gasteiger partial charge in [-0.1, -0.05) is 23.7 Å². The highest BCUT2D eigenvalue weighted by Crippen LogP contribution is 2.35. The molecule has 1 amide bonds. The number of benzene rings is 2. The van der Waals surface area contributed by atoms with Crippen molar-refractivity contribution in [2.24, 2.45) is 5.73 Å². The normalized spacial score (nSPS) is 11.3. The first-order chi connectivity index (χ1) is 18.1. The zero-order valence-electron chi connectivity index (χ0n) is 20.2. The Morgan fingerprint density at radius 3 is 2.63 bits per heavy atom. The van der Waals surface area contributed by atoms with E-state index in [4.69, 9.17) is 22.1 Å². The van der Waals surface area contributed by atoms with E-state index < -0.39 is 21.7 Å². The van der Waals surface area contributed by atoms with Crippen LogP contribution in [0.1, 0.15) is 28.5 Å². The van der Waals surface area contributed by atoms with Crippen LogP contribution in [0.2, 0.25) is 5.02 Å². The molecule has 38 heavy (non-hydrogen) atoms. The minimum atomic E-state index is -3.64. The van der Waals surface area contributed by atoms with Crippen molar-refractivity contribution in [3.8, 4) is 17.0 Å². The van der Waals surface area contributed by atoms with Crippen LogP contribution < -0.4 is 20.5 Å². The molecule has 4 rings (SSSR count). The molecule has 0 spiro atoms. The number of aromatic amines is 1. The minimum Gasteiger partial charge on any atom is -0.487 e. The number of hydrogen-bond donors (Lipinski definition) is 4. The molecule has 2 aromatic carbocycles. The fourth-order valence-electron chi connectivity index (χ4n) is 3.37. The summed E-state index contributed by atoms with van der Waals surface area (Å²) in [5, 5.41) is 9.83. The molecular weight excluding hydrogens is 537 g/mol. The van der Waals surface area contributed by atoms with Crippen LogP contribution in [0, 0.1) is 12.7 Å². The summed E-state index contributed by atoms with van der Waals surface area (Å²) in [5.41, 5.74) is 7.74. The van der Waals surface area contributed by atoms with Gasteiger partial charge in [0.15, 0.2) is 0 Å². The van der Waals surface area contributed by atoms with Gasteiger partial charge in [-0.05, 0) is 43.7 Å². The minimum absolute atomic E-state index is 0.0468. The molecule has 5 N–H and O–H groups in total. The number of H-pyrrole nitrogens is 1. The Hall–Kier alpha value is -4.23. The van der Waals surface area contributed by atoms with Gasteiger partial charge in [0.1, 0.15) is 41.1 Å². The van der Waals surface area contributed by atoms with E-state index in [2.05, 4.69) is 30.2 Å². The van der Waals surface area contributed by atoms with Gasteiger partial charge in [-0.2, -0.15) is 5.10 Å². The Balaban J connectivity index is 1.71. The topological polar surface area (TPSA) is 165 Å². The second-order valence-electron chi connectivity index (χ2n) is 8.11. The highest BCUT2D eigenvalue weighted by Gasteiger charge is 2.22. The molecule has 2 heterocycles. The Kier molecular flexibility index (Phi) is 7.78. The van der Waals surface area contributed by atoms with E-state index in [1.54, 1.807) is 19.2 Å². The third kappa shape index (κ3) is 6.18. The van der Waals surface area contributed by atoms with Crippen LogP contribution in [0.25, 0.3) is 11.3 Å². The summed E-state index contributed by atoms with van der Waals surface area (Å²) in [5.74, 6) is -0.811. The number of rotatable bonds is 10. The molecule has 0 fully saturated rings. The number of ether oxygens (including phenoxy) is 1. The lowest BCUT2D eigenvalue weighted by Gasteiger charge is -2.15. The maximum atomic E-state index is 13.5. The van der Waals surface area contributed by atoms with E-state index in [1.165, 1.54) is 43.5 Å². The monoisotopic (exact) mass is 559 g/mol. The summed E-state index contributed by atoms with van der Waals surface area (Å²) in [7, 11) is -3.64. The number of carbonyl (C=O) groups is 1. The van der Waals surface area contributed by atoms with Crippen molar-refractivity contribution in [1.29, 1.82) is 0 Å². The van der Waals surface area contributed by atoms with Gasteiger partial charge in [0.2, 0.25) is 10.0 Å². The lowest BCUT2D eigenvalue weighted by atomic mass is 10.1. The number of nitrogens with two attached hydrogens (primary N) is 1. The molecule has 0 bridgehead atoms. The van der Waals surface area contributed by atoms with Gasteiger partial charge in [-0.15, -0.1) is 0 Å². The fraction of sp³-hybridized carbons (Fsp3) is 0.167. The van der Waals surface area contributed by atoms with Crippen molar-refractivity contribution in [3.05, 3.63) is 76.5 Å². The Morgan fingerprint density at radius 2 is 1.97 bits per heavy atom. The average molecular weight is 560 g/mol. The summed E-state index contributed by atoms with van der Waals surface area (Å²) < 4.78 is 46.4. The van der Waals surface area contributed by atoms with E-state index in [9.17, 15) is 17.6 Å². The van der Waals surface area contributed by atoms with E-state index in [0.29, 0.717) is 22.6 Å². The quantitative estimate of drug-likeness (QED) is 0.225. The van der Waals surface area contributed by atoms with Crippen LogP contribution in [0.5, 0.6) is 5.75 Å². The maximum Gasteiger partial charge on any atom is 0.254 e. The smallest absolute Gasteiger partial charge is 0.254 e. The number of aryl methyl sites for hydroxylation is 1. The molecular formula is C24H23ClFN7O4S. The van der Waals surface area contributed by atoms with Crippen molar-refractivity contribution in [3.63, 3.8) is 0 Å². The van der Waals surface area contributed by atoms with Gasteiger partial charge < -0.3 is 15.8 Å². The van der Waals surface area contributed by atoms with Gasteiger partial charge in [-0.25, -0.2) is 17.8 Å². The number of primary amides is 1. The summed E-state index contributed by atoms with van der Waals surface area (Å²) in [6.45, 7) is 3.23. The van der Waals surface area contributed by atoms with Crippen LogP contribution in [-0.2, 0) is 16.6 Å². The first-order valence-corrected chi connectivity index (χ1v) is 13.2. The molecule has 0 aliphatic rings. The lowest BCUT2D eigenvalue weighted by Crippen LogP contribution is -2.15. The Morgan fingerprint density at radius 1 is 1.18 bits per heavy atom. The molecule has 0 atom stereocenters. The predicted octanol–water partition coefficient (Wildman–Crippen LogP) is 4.15. The number of hydrogen-bond acceptors (Lipinski definition) is 8. The zero-order chi connectivity index (χ0) is 27.4. The number of aromatic nitrogens is 4. The molecule has 14 heteroatoms. The number of anilines is 3. The summed E-state index contributed by atoms with van der Waals surface area (Å²) in [6, 6.07) is 8.65. The average Bonchev–Trinajstić information content (AvgIpc) is 3.30. The largest absolute Gasteiger partial charge is 0.487 e. The zero-order valence-corrected chi connectivity index (χ0v) is 21.8. The van der Waals surface area contributed by atoms with Crippen molar-refractivity contribution in [1.82, 2.24) is 20.2 Å². The summed E-state index contributed by atoms with van der Waals surface area (Å²) >= 11 is 5.86. The van der Waals surface area contributed by atoms with Crippen molar-refractivity contribution >= 4 is 44.9 Å². The number of carbonyl (C=O) groups excluding carboxylic acids is 1. The molecule has 0 aliphatic carbocycles. The fourth-order valence-corrected chi connectivity index (χ4v) is 4.22. The molecule has 4 aromatic rings. The second-order valence-corrected chi connectivity index (χ2v) is 10.5. The van der Waals surface area contributed by atoms with E-state index in [0.717, 1.165) is 0 Å². The van der Waals surface area contributed by atoms with Gasteiger partial charge in [0.05, 0.1) is 34.6 Å². The molecule has 0 saturated heterocycles. The van der Waals surface area contributed by atoms with E-state index in [-0.39, 0.29) is 45.9 Å². The molecule has 0 unspecified atom stereocenters. The molecule has 2 aromatic heterocycles. The first-order valence-electron chi connectivity index (χ1n) is 11.2. The Bertz CT molecular complexity index is 1590. The number of nitrogens with zero attached hydrogens (tertiary/aromatic N) is 3. The summed E-state index contributed by atoms with van der Waals surface area (Å²) in [4.78, 5) is 20.7. The van der Waals surface area contributed by atoms with Crippen molar-refractivity contribution in [2.45, 2.75) is 20.5 Å². The predicted molar refractivity (Wildman–Crippen MR) is 141 cm³/mol. The third-order valence-corrected chi connectivity index (χ3v) is 6.91. The molecule has 0 radical (unpaired) electrons. The summed E-state index contributed by atoms with van der Waals surface area (Å²) in [6.07, 6.45) is 3.04. The van der Waals surface area contributed by atoms with Crippen LogP contribution in [-0.4, -0.2) is 40.2 Å². The van der Waals surface area contributed by atoms with Gasteiger partial charge in [-0.3, -0.25) is 19.6 Å². The maximum absolute atomic E-state index is 13.5. The molecule has 198 valence electrons. The highest BCUT2D eigenvalue weighted by atomic mass is 35.5. The SMILES string of the molecule is CCS(=O)(=O)Nc1ccc(-c2n[nH]c(Nc3cnc(C)cn3)c2C(N)=O)cc1OCc1ccc(F)c(Cl)c1. The number of halogens is 2. The molecule has 0 aliphatic heterocycles. The van der Waals surface area contributed by atoms with Gasteiger partial charge >= 0.3 is 0 Å². The molecule has 11 nitrogen and oxygen atoms in total. The van der Waals surface area contributed by atoms with Crippen molar-refractivity contribution in [2.75, 3.05) is 15.8 Å².